The van der Waals surface area contributed by atoms with Gasteiger partial charge in [-0.1, -0.05) is 0 Å². The fourth-order valence-corrected chi connectivity index (χ4v) is 2.21. The average molecular weight is 345 g/mol. The summed E-state index contributed by atoms with van der Waals surface area (Å²) >= 11 is 3.45. The predicted octanol–water partition coefficient (Wildman–Crippen LogP) is 2.16. The lowest BCUT2D eigenvalue weighted by molar-refractivity contribution is -0.129. The SMILES string of the molecule is CCOc1cc(CN)cc(Br)c1OCCC(=O)N(C)C. The minimum atomic E-state index is 0.0256. The van der Waals surface area contributed by atoms with Gasteiger partial charge in [-0.05, 0) is 40.5 Å². The summed E-state index contributed by atoms with van der Waals surface area (Å²) in [5.74, 6) is 1.27. The van der Waals surface area contributed by atoms with Crippen molar-refractivity contribution in [2.75, 3.05) is 27.3 Å². The van der Waals surface area contributed by atoms with Gasteiger partial charge < -0.3 is 20.1 Å². The Morgan fingerprint density at radius 1 is 1.35 bits per heavy atom. The fourth-order valence-electron chi connectivity index (χ4n) is 1.61. The zero-order valence-corrected chi connectivity index (χ0v) is 13.7. The van der Waals surface area contributed by atoms with Crippen molar-refractivity contribution in [1.82, 2.24) is 4.90 Å². The molecule has 0 fully saturated rings. The molecule has 1 aromatic carbocycles. The number of ether oxygens (including phenoxy) is 2. The van der Waals surface area contributed by atoms with Crippen molar-refractivity contribution in [2.45, 2.75) is 19.9 Å². The zero-order valence-electron chi connectivity index (χ0n) is 12.1. The van der Waals surface area contributed by atoms with Crippen LogP contribution in [0.15, 0.2) is 16.6 Å². The first-order valence-electron chi connectivity index (χ1n) is 6.47. The van der Waals surface area contributed by atoms with Crippen molar-refractivity contribution >= 4 is 21.8 Å². The maximum atomic E-state index is 11.5. The van der Waals surface area contributed by atoms with Crippen LogP contribution < -0.4 is 15.2 Å². The van der Waals surface area contributed by atoms with E-state index in [1.54, 1.807) is 19.0 Å². The van der Waals surface area contributed by atoms with Gasteiger partial charge >= 0.3 is 0 Å². The van der Waals surface area contributed by atoms with Crippen LogP contribution in [0.5, 0.6) is 11.5 Å². The Labute approximate surface area is 128 Å². The van der Waals surface area contributed by atoms with Crippen molar-refractivity contribution in [1.29, 1.82) is 0 Å². The number of carbonyl (C=O) groups excluding carboxylic acids is 1. The Bertz CT molecular complexity index is 464. The van der Waals surface area contributed by atoms with Crippen LogP contribution in [0, 0.1) is 0 Å². The molecular weight excluding hydrogens is 324 g/mol. The van der Waals surface area contributed by atoms with Gasteiger partial charge in [-0.2, -0.15) is 0 Å². The highest BCUT2D eigenvalue weighted by molar-refractivity contribution is 9.10. The molecule has 0 aliphatic heterocycles. The fraction of sp³-hybridized carbons (Fsp3) is 0.500. The Morgan fingerprint density at radius 2 is 2.05 bits per heavy atom. The Morgan fingerprint density at radius 3 is 2.60 bits per heavy atom. The number of carbonyl (C=O) groups is 1. The predicted molar refractivity (Wildman–Crippen MR) is 82.0 cm³/mol. The summed E-state index contributed by atoms with van der Waals surface area (Å²) in [6.45, 7) is 3.17. The van der Waals surface area contributed by atoms with E-state index in [0.717, 1.165) is 10.0 Å². The Hall–Kier alpha value is -1.27. The van der Waals surface area contributed by atoms with Crippen LogP contribution in [0.4, 0.5) is 0 Å². The molecule has 0 unspecified atom stereocenters. The summed E-state index contributed by atoms with van der Waals surface area (Å²) in [4.78, 5) is 13.1. The number of benzene rings is 1. The molecule has 0 aliphatic carbocycles. The van der Waals surface area contributed by atoms with E-state index in [9.17, 15) is 4.79 Å². The summed E-state index contributed by atoms with van der Waals surface area (Å²) < 4.78 is 12.0. The summed E-state index contributed by atoms with van der Waals surface area (Å²) in [5, 5.41) is 0. The molecule has 0 aliphatic rings. The molecule has 0 aromatic heterocycles. The zero-order chi connectivity index (χ0) is 15.1. The van der Waals surface area contributed by atoms with E-state index < -0.39 is 0 Å². The third-order valence-corrected chi connectivity index (χ3v) is 3.26. The van der Waals surface area contributed by atoms with Crippen LogP contribution in [-0.4, -0.2) is 38.1 Å². The maximum absolute atomic E-state index is 11.5. The van der Waals surface area contributed by atoms with Crippen LogP contribution in [-0.2, 0) is 11.3 Å². The van der Waals surface area contributed by atoms with E-state index >= 15 is 0 Å². The van der Waals surface area contributed by atoms with Gasteiger partial charge in [0, 0.05) is 20.6 Å². The van der Waals surface area contributed by atoms with Crippen molar-refractivity contribution in [2.24, 2.45) is 5.73 Å². The molecule has 1 rings (SSSR count). The third kappa shape index (κ3) is 4.68. The third-order valence-electron chi connectivity index (χ3n) is 2.67. The second-order valence-electron chi connectivity index (χ2n) is 4.43. The molecule has 112 valence electrons. The number of nitrogens with zero attached hydrogens (tertiary/aromatic N) is 1. The molecule has 1 amide bonds. The summed E-state index contributed by atoms with van der Waals surface area (Å²) in [6, 6.07) is 3.75. The second-order valence-corrected chi connectivity index (χ2v) is 5.28. The lowest BCUT2D eigenvalue weighted by Crippen LogP contribution is -2.23. The van der Waals surface area contributed by atoms with E-state index in [2.05, 4.69) is 15.9 Å². The highest BCUT2D eigenvalue weighted by Crippen LogP contribution is 2.36. The quantitative estimate of drug-likeness (QED) is 0.823. The molecule has 0 radical (unpaired) electrons. The number of rotatable bonds is 7. The average Bonchev–Trinajstić information content (AvgIpc) is 2.41. The first-order valence-corrected chi connectivity index (χ1v) is 7.27. The van der Waals surface area contributed by atoms with Gasteiger partial charge in [0.05, 0.1) is 24.1 Å². The Kier molecular flexibility index (Phi) is 6.81. The van der Waals surface area contributed by atoms with E-state index in [1.807, 2.05) is 19.1 Å². The van der Waals surface area contributed by atoms with Crippen LogP contribution in [0.1, 0.15) is 18.9 Å². The van der Waals surface area contributed by atoms with Crippen molar-refractivity contribution in [3.63, 3.8) is 0 Å². The molecule has 5 nitrogen and oxygen atoms in total. The normalized spacial score (nSPS) is 10.2. The van der Waals surface area contributed by atoms with Crippen LogP contribution >= 0.6 is 15.9 Å². The first-order chi connectivity index (χ1) is 9.49. The first kappa shape index (κ1) is 16.8. The molecule has 0 atom stereocenters. The smallest absolute Gasteiger partial charge is 0.225 e. The van der Waals surface area contributed by atoms with Gasteiger partial charge in [0.25, 0.3) is 0 Å². The number of nitrogens with two attached hydrogens (primary N) is 1. The molecule has 1 aromatic rings. The van der Waals surface area contributed by atoms with Gasteiger partial charge in [-0.25, -0.2) is 0 Å². The van der Waals surface area contributed by atoms with Crippen molar-refractivity contribution in [3.05, 3.63) is 22.2 Å². The topological polar surface area (TPSA) is 64.8 Å². The minimum absolute atomic E-state index is 0.0256. The molecule has 0 saturated carbocycles. The van der Waals surface area contributed by atoms with E-state index in [4.69, 9.17) is 15.2 Å². The molecule has 0 saturated heterocycles. The standard InChI is InChI=1S/C14H21BrN2O3/c1-4-19-12-8-10(9-16)7-11(15)14(12)20-6-5-13(18)17(2)3/h7-8H,4-6,9,16H2,1-3H3. The molecular formula is C14H21BrN2O3. The van der Waals surface area contributed by atoms with Gasteiger partial charge in [-0.3, -0.25) is 4.79 Å². The van der Waals surface area contributed by atoms with Crippen LogP contribution in [0.2, 0.25) is 0 Å². The lowest BCUT2D eigenvalue weighted by atomic mass is 10.2. The Balaban J connectivity index is 2.79. The lowest BCUT2D eigenvalue weighted by Gasteiger charge is -2.16. The molecule has 0 heterocycles. The minimum Gasteiger partial charge on any atom is -0.490 e. The molecule has 6 heteroatoms. The van der Waals surface area contributed by atoms with Gasteiger partial charge in [0.15, 0.2) is 11.5 Å². The van der Waals surface area contributed by atoms with Crippen LogP contribution in [0.3, 0.4) is 0 Å². The van der Waals surface area contributed by atoms with Crippen LogP contribution in [0.25, 0.3) is 0 Å². The number of amides is 1. The summed E-state index contributed by atoms with van der Waals surface area (Å²) in [6.07, 6.45) is 0.323. The highest BCUT2D eigenvalue weighted by Gasteiger charge is 2.13. The van der Waals surface area contributed by atoms with E-state index in [1.165, 1.54) is 0 Å². The number of halogens is 1. The van der Waals surface area contributed by atoms with Crippen molar-refractivity contribution < 1.29 is 14.3 Å². The van der Waals surface area contributed by atoms with Gasteiger partial charge in [-0.15, -0.1) is 0 Å². The number of hydrogen-bond donors (Lipinski definition) is 1. The molecule has 0 spiro atoms. The van der Waals surface area contributed by atoms with Gasteiger partial charge in [0.1, 0.15) is 0 Å². The van der Waals surface area contributed by atoms with E-state index in [0.29, 0.717) is 37.7 Å². The largest absolute Gasteiger partial charge is 0.490 e. The van der Waals surface area contributed by atoms with Crippen molar-refractivity contribution in [3.8, 4) is 11.5 Å². The molecule has 2 N–H and O–H groups in total. The number of hydrogen-bond acceptors (Lipinski definition) is 4. The summed E-state index contributed by atoms with van der Waals surface area (Å²) in [7, 11) is 3.44. The summed E-state index contributed by atoms with van der Waals surface area (Å²) in [5.41, 5.74) is 6.60. The highest BCUT2D eigenvalue weighted by atomic mass is 79.9. The molecule has 20 heavy (non-hydrogen) atoms. The molecule has 0 bridgehead atoms. The second kappa shape index (κ2) is 8.11. The maximum Gasteiger partial charge on any atom is 0.225 e. The monoisotopic (exact) mass is 344 g/mol. The van der Waals surface area contributed by atoms with E-state index in [-0.39, 0.29) is 5.91 Å². The van der Waals surface area contributed by atoms with Gasteiger partial charge in [0.2, 0.25) is 5.91 Å².